The molecule has 2 N–H and O–H groups in total. The van der Waals surface area contributed by atoms with Crippen molar-refractivity contribution < 1.29 is 9.90 Å². The Balaban J connectivity index is 2.50. The summed E-state index contributed by atoms with van der Waals surface area (Å²) in [4.78, 5) is 14.9. The molecule has 0 radical (unpaired) electrons. The number of pyridine rings is 1. The van der Waals surface area contributed by atoms with E-state index in [9.17, 15) is 4.79 Å². The molecule has 4 nitrogen and oxygen atoms in total. The van der Waals surface area contributed by atoms with E-state index in [1.807, 2.05) is 25.1 Å². The van der Waals surface area contributed by atoms with Crippen molar-refractivity contribution in [2.45, 2.75) is 13.5 Å². The predicted octanol–water partition coefficient (Wildman–Crippen LogP) is -0.00148. The van der Waals surface area contributed by atoms with E-state index in [0.717, 1.165) is 11.4 Å². The summed E-state index contributed by atoms with van der Waals surface area (Å²) in [6, 6.07) is 5.59. The van der Waals surface area contributed by atoms with Gasteiger partial charge in [0.15, 0.2) is 0 Å². The van der Waals surface area contributed by atoms with Crippen molar-refractivity contribution in [2.24, 2.45) is 0 Å². The second-order valence-electron chi connectivity index (χ2n) is 2.71. The Bertz CT molecular complexity index is 299. The fourth-order valence-electron chi connectivity index (χ4n) is 0.943. The number of rotatable bonds is 3. The van der Waals surface area contributed by atoms with Crippen molar-refractivity contribution in [1.29, 1.82) is 0 Å². The molecule has 0 aliphatic carbocycles. The van der Waals surface area contributed by atoms with Crippen molar-refractivity contribution in [2.75, 3.05) is 6.61 Å². The largest absolute Gasteiger partial charge is 0.387 e. The molecular formula is C9H12N2O2. The van der Waals surface area contributed by atoms with Crippen molar-refractivity contribution >= 4 is 5.91 Å². The molecule has 4 heteroatoms. The topological polar surface area (TPSA) is 62.2 Å². The number of hydrogen-bond donors (Lipinski definition) is 2. The van der Waals surface area contributed by atoms with Crippen LogP contribution in [-0.4, -0.2) is 22.6 Å². The van der Waals surface area contributed by atoms with Gasteiger partial charge in [-0.3, -0.25) is 9.78 Å². The zero-order chi connectivity index (χ0) is 9.68. The molecule has 0 unspecified atom stereocenters. The van der Waals surface area contributed by atoms with Crippen LogP contribution in [0.3, 0.4) is 0 Å². The molecule has 0 saturated carbocycles. The molecule has 0 atom stereocenters. The number of nitrogens with one attached hydrogen (secondary N) is 1. The number of hydrogen-bond acceptors (Lipinski definition) is 3. The first kappa shape index (κ1) is 9.67. The molecule has 1 heterocycles. The van der Waals surface area contributed by atoms with Crippen LogP contribution in [0.15, 0.2) is 18.2 Å². The Kier molecular flexibility index (Phi) is 3.40. The number of nitrogens with zero attached hydrogens (tertiary/aromatic N) is 1. The molecule has 0 aliphatic heterocycles. The minimum Gasteiger partial charge on any atom is -0.387 e. The van der Waals surface area contributed by atoms with Crippen LogP contribution >= 0.6 is 0 Å². The second kappa shape index (κ2) is 4.57. The Morgan fingerprint density at radius 3 is 3.00 bits per heavy atom. The van der Waals surface area contributed by atoms with Crippen LogP contribution in [0.1, 0.15) is 11.4 Å². The van der Waals surface area contributed by atoms with Gasteiger partial charge in [-0.25, -0.2) is 0 Å². The van der Waals surface area contributed by atoms with Crippen LogP contribution in [0.5, 0.6) is 0 Å². The van der Waals surface area contributed by atoms with Gasteiger partial charge in [-0.15, -0.1) is 0 Å². The highest BCUT2D eigenvalue weighted by molar-refractivity contribution is 5.76. The van der Waals surface area contributed by atoms with Crippen LogP contribution in [0.25, 0.3) is 0 Å². The first-order valence-electron chi connectivity index (χ1n) is 4.02. The van der Waals surface area contributed by atoms with E-state index in [2.05, 4.69) is 10.3 Å². The zero-order valence-electron chi connectivity index (χ0n) is 7.45. The van der Waals surface area contributed by atoms with Crippen molar-refractivity contribution in [3.63, 3.8) is 0 Å². The third kappa shape index (κ3) is 3.21. The minimum atomic E-state index is -0.480. The summed E-state index contributed by atoms with van der Waals surface area (Å²) in [7, 11) is 0. The number of aryl methyl sites for hydroxylation is 1. The molecule has 13 heavy (non-hydrogen) atoms. The minimum absolute atomic E-state index is 0.362. The molecule has 1 rings (SSSR count). The van der Waals surface area contributed by atoms with Crippen LogP contribution in [0, 0.1) is 6.92 Å². The lowest BCUT2D eigenvalue weighted by Gasteiger charge is -2.02. The van der Waals surface area contributed by atoms with E-state index >= 15 is 0 Å². The highest BCUT2D eigenvalue weighted by Gasteiger charge is 1.98. The maximum absolute atomic E-state index is 10.7. The number of amides is 1. The first-order chi connectivity index (χ1) is 6.22. The molecule has 0 aromatic carbocycles. The molecule has 1 aromatic heterocycles. The van der Waals surface area contributed by atoms with E-state index < -0.39 is 6.61 Å². The molecule has 0 bridgehead atoms. The SMILES string of the molecule is Cc1cccc(CNC(=O)CO)n1. The van der Waals surface area contributed by atoms with Gasteiger partial charge in [0.25, 0.3) is 0 Å². The van der Waals surface area contributed by atoms with Gasteiger partial charge in [-0.2, -0.15) is 0 Å². The monoisotopic (exact) mass is 180 g/mol. The quantitative estimate of drug-likeness (QED) is 0.688. The zero-order valence-corrected chi connectivity index (χ0v) is 7.45. The van der Waals surface area contributed by atoms with Gasteiger partial charge in [0.05, 0.1) is 12.2 Å². The number of aromatic nitrogens is 1. The van der Waals surface area contributed by atoms with E-state index in [-0.39, 0.29) is 5.91 Å². The number of aliphatic hydroxyl groups is 1. The number of aliphatic hydroxyl groups excluding tert-OH is 1. The lowest BCUT2D eigenvalue weighted by atomic mass is 10.3. The molecule has 0 saturated heterocycles. The van der Waals surface area contributed by atoms with Crippen LogP contribution in [-0.2, 0) is 11.3 Å². The van der Waals surface area contributed by atoms with E-state index in [0.29, 0.717) is 6.54 Å². The summed E-state index contributed by atoms with van der Waals surface area (Å²) in [5, 5.41) is 11.0. The molecule has 1 amide bonds. The summed E-state index contributed by atoms with van der Waals surface area (Å²) in [6.45, 7) is 1.77. The standard InChI is InChI=1S/C9H12N2O2/c1-7-3-2-4-8(11-7)5-10-9(13)6-12/h2-4,12H,5-6H2,1H3,(H,10,13). The number of carbonyl (C=O) groups is 1. The summed E-state index contributed by atoms with van der Waals surface area (Å²) in [5.74, 6) is -0.386. The van der Waals surface area contributed by atoms with E-state index in [1.54, 1.807) is 0 Å². The summed E-state index contributed by atoms with van der Waals surface area (Å²) in [5.41, 5.74) is 1.71. The van der Waals surface area contributed by atoms with Crippen LogP contribution in [0.2, 0.25) is 0 Å². The van der Waals surface area contributed by atoms with Gasteiger partial charge < -0.3 is 10.4 Å². The Labute approximate surface area is 76.6 Å². The highest BCUT2D eigenvalue weighted by Crippen LogP contribution is 1.96. The average molecular weight is 180 g/mol. The van der Waals surface area contributed by atoms with Gasteiger partial charge >= 0.3 is 0 Å². The smallest absolute Gasteiger partial charge is 0.246 e. The van der Waals surface area contributed by atoms with Crippen molar-refractivity contribution in [1.82, 2.24) is 10.3 Å². The summed E-state index contributed by atoms with van der Waals surface area (Å²) >= 11 is 0. The first-order valence-corrected chi connectivity index (χ1v) is 4.02. The van der Waals surface area contributed by atoms with Gasteiger partial charge in [-0.1, -0.05) is 6.07 Å². The lowest BCUT2D eigenvalue weighted by Crippen LogP contribution is -2.25. The predicted molar refractivity (Wildman–Crippen MR) is 47.9 cm³/mol. The lowest BCUT2D eigenvalue weighted by molar-refractivity contribution is -0.123. The number of carbonyl (C=O) groups excluding carboxylic acids is 1. The van der Waals surface area contributed by atoms with Gasteiger partial charge in [-0.05, 0) is 19.1 Å². The van der Waals surface area contributed by atoms with Crippen LogP contribution < -0.4 is 5.32 Å². The van der Waals surface area contributed by atoms with E-state index in [1.165, 1.54) is 0 Å². The van der Waals surface area contributed by atoms with Gasteiger partial charge in [0.1, 0.15) is 6.61 Å². The Morgan fingerprint density at radius 2 is 2.38 bits per heavy atom. The highest BCUT2D eigenvalue weighted by atomic mass is 16.3. The molecular weight excluding hydrogens is 168 g/mol. The average Bonchev–Trinajstić information content (AvgIpc) is 2.14. The molecule has 0 fully saturated rings. The molecule has 0 spiro atoms. The third-order valence-corrected chi connectivity index (χ3v) is 1.56. The molecule has 70 valence electrons. The molecule has 1 aromatic rings. The van der Waals surface area contributed by atoms with Crippen LogP contribution in [0.4, 0.5) is 0 Å². The Hall–Kier alpha value is -1.42. The van der Waals surface area contributed by atoms with Crippen molar-refractivity contribution in [3.05, 3.63) is 29.6 Å². The summed E-state index contributed by atoms with van der Waals surface area (Å²) < 4.78 is 0. The normalized spacial score (nSPS) is 9.69. The second-order valence-corrected chi connectivity index (χ2v) is 2.71. The molecule has 0 aliphatic rings. The fraction of sp³-hybridized carbons (Fsp3) is 0.333. The maximum atomic E-state index is 10.7. The van der Waals surface area contributed by atoms with Crippen molar-refractivity contribution in [3.8, 4) is 0 Å². The van der Waals surface area contributed by atoms with E-state index in [4.69, 9.17) is 5.11 Å². The fourth-order valence-corrected chi connectivity index (χ4v) is 0.943. The summed E-state index contributed by atoms with van der Waals surface area (Å²) in [6.07, 6.45) is 0. The van der Waals surface area contributed by atoms with Gasteiger partial charge in [0.2, 0.25) is 5.91 Å². The maximum Gasteiger partial charge on any atom is 0.246 e. The third-order valence-electron chi connectivity index (χ3n) is 1.56. The van der Waals surface area contributed by atoms with Gasteiger partial charge in [0, 0.05) is 5.69 Å². The Morgan fingerprint density at radius 1 is 1.62 bits per heavy atom.